The number of hydrogen-bond donors (Lipinski definition) is 3. The average molecular weight is 456 g/mol. The minimum Gasteiger partial charge on any atom is -0.338 e. The van der Waals surface area contributed by atoms with Crippen LogP contribution in [0.5, 0.6) is 0 Å². The van der Waals surface area contributed by atoms with Crippen molar-refractivity contribution in [1.82, 2.24) is 30.0 Å². The van der Waals surface area contributed by atoms with Crippen LogP contribution in [-0.2, 0) is 11.3 Å². The third kappa shape index (κ3) is 4.40. The Kier molecular flexibility index (Phi) is 5.82. The van der Waals surface area contributed by atoms with E-state index in [0.717, 1.165) is 34.3 Å². The van der Waals surface area contributed by atoms with Crippen LogP contribution in [0.1, 0.15) is 24.5 Å². The summed E-state index contributed by atoms with van der Waals surface area (Å²) in [6.07, 6.45) is 5.99. The molecule has 0 bridgehead atoms. The molecular formula is C25H25N7O2. The first kappa shape index (κ1) is 21.4. The maximum Gasteiger partial charge on any atom is 0.321 e. The van der Waals surface area contributed by atoms with Crippen molar-refractivity contribution in [3.8, 4) is 5.69 Å². The van der Waals surface area contributed by atoms with Gasteiger partial charge in [0.1, 0.15) is 0 Å². The highest BCUT2D eigenvalue weighted by Gasteiger charge is 2.21. The van der Waals surface area contributed by atoms with E-state index in [2.05, 4.69) is 25.7 Å². The first-order chi connectivity index (χ1) is 16.6. The number of aromatic amines is 1. The van der Waals surface area contributed by atoms with Gasteiger partial charge in [0.15, 0.2) is 0 Å². The van der Waals surface area contributed by atoms with Crippen molar-refractivity contribution in [2.24, 2.45) is 0 Å². The van der Waals surface area contributed by atoms with Crippen molar-refractivity contribution in [2.45, 2.75) is 19.9 Å². The molecule has 3 amide bonds. The molecule has 5 rings (SSSR count). The summed E-state index contributed by atoms with van der Waals surface area (Å²) >= 11 is 0. The maximum absolute atomic E-state index is 12.9. The summed E-state index contributed by atoms with van der Waals surface area (Å²) in [5.41, 5.74) is 5.17. The van der Waals surface area contributed by atoms with Gasteiger partial charge in [0.05, 0.1) is 16.7 Å². The van der Waals surface area contributed by atoms with Crippen molar-refractivity contribution in [1.29, 1.82) is 0 Å². The number of imidazole rings is 1. The van der Waals surface area contributed by atoms with Crippen molar-refractivity contribution >= 4 is 34.5 Å². The molecule has 0 saturated carbocycles. The smallest absolute Gasteiger partial charge is 0.321 e. The van der Waals surface area contributed by atoms with E-state index in [4.69, 9.17) is 0 Å². The molecular weight excluding hydrogens is 430 g/mol. The van der Waals surface area contributed by atoms with Gasteiger partial charge in [-0.1, -0.05) is 30.3 Å². The largest absolute Gasteiger partial charge is 0.338 e. The Morgan fingerprint density at radius 3 is 2.76 bits per heavy atom. The molecule has 0 spiro atoms. The number of rotatable bonds is 6. The fourth-order valence-electron chi connectivity index (χ4n) is 4.11. The molecule has 4 aromatic rings. The van der Waals surface area contributed by atoms with E-state index < -0.39 is 0 Å². The molecule has 0 aliphatic carbocycles. The lowest BCUT2D eigenvalue weighted by Crippen LogP contribution is -2.33. The molecule has 0 atom stereocenters. The molecule has 2 aromatic carbocycles. The number of nitrogens with zero attached hydrogens (tertiary/aromatic N) is 4. The van der Waals surface area contributed by atoms with E-state index in [-0.39, 0.29) is 11.9 Å². The molecule has 0 fully saturated rings. The molecule has 9 heteroatoms. The number of H-pyrrole nitrogens is 1. The predicted octanol–water partition coefficient (Wildman–Crippen LogP) is 3.71. The van der Waals surface area contributed by atoms with Gasteiger partial charge in [0, 0.05) is 38.1 Å². The molecule has 3 heterocycles. The Balaban J connectivity index is 1.48. The number of hydrogen-bond acceptors (Lipinski definition) is 4. The van der Waals surface area contributed by atoms with Gasteiger partial charge < -0.3 is 15.2 Å². The van der Waals surface area contributed by atoms with Crippen LogP contribution < -0.4 is 10.6 Å². The van der Waals surface area contributed by atoms with Crippen LogP contribution >= 0.6 is 0 Å². The summed E-state index contributed by atoms with van der Waals surface area (Å²) in [4.78, 5) is 34.5. The van der Waals surface area contributed by atoms with E-state index in [1.54, 1.807) is 17.0 Å². The zero-order chi connectivity index (χ0) is 23.5. The van der Waals surface area contributed by atoms with Crippen LogP contribution in [0.15, 0.2) is 67.0 Å². The lowest BCUT2D eigenvalue weighted by molar-refractivity contribution is -0.126. The molecule has 1 aliphatic heterocycles. The summed E-state index contributed by atoms with van der Waals surface area (Å²) in [7, 11) is 0. The van der Waals surface area contributed by atoms with Crippen LogP contribution in [0.2, 0.25) is 0 Å². The Morgan fingerprint density at radius 2 is 2.03 bits per heavy atom. The lowest BCUT2D eigenvalue weighted by atomic mass is 9.97. The molecule has 0 saturated heterocycles. The molecule has 9 nitrogen and oxygen atoms in total. The zero-order valence-corrected chi connectivity index (χ0v) is 18.8. The van der Waals surface area contributed by atoms with E-state index in [0.29, 0.717) is 31.1 Å². The van der Waals surface area contributed by atoms with Gasteiger partial charge in [-0.2, -0.15) is 5.10 Å². The van der Waals surface area contributed by atoms with Gasteiger partial charge in [-0.3, -0.25) is 10.1 Å². The predicted molar refractivity (Wildman–Crippen MR) is 130 cm³/mol. The third-order valence-corrected chi connectivity index (χ3v) is 5.74. The highest BCUT2D eigenvalue weighted by atomic mass is 16.2. The van der Waals surface area contributed by atoms with Gasteiger partial charge in [0.2, 0.25) is 11.9 Å². The van der Waals surface area contributed by atoms with Crippen LogP contribution in [0.4, 0.5) is 10.7 Å². The van der Waals surface area contributed by atoms with Crippen LogP contribution in [0, 0.1) is 0 Å². The number of urea groups is 1. The Hall–Kier alpha value is -4.40. The molecule has 0 radical (unpaired) electrons. The second-order valence-electron chi connectivity index (χ2n) is 8.07. The van der Waals surface area contributed by atoms with Gasteiger partial charge in [-0.05, 0) is 48.2 Å². The molecule has 2 aromatic heterocycles. The van der Waals surface area contributed by atoms with E-state index in [1.807, 2.05) is 66.6 Å². The first-order valence-electron chi connectivity index (χ1n) is 11.2. The quantitative estimate of drug-likeness (QED) is 0.412. The number of carbonyl (C=O) groups excluding carboxylic acids is 2. The van der Waals surface area contributed by atoms with E-state index in [1.165, 1.54) is 0 Å². The standard InChI is InChI=1S/C25H25N7O2/c1-2-26-25(34)30-24-28-20-13-19(14-21(23(20)29-24)32-11-6-10-27-32)18-9-12-31(22(33)15-18)16-17-7-4-3-5-8-17/h3-8,10-11,13-15H,2,9,12,16H2,1H3,(H3,26,28,29,30,34). The van der Waals surface area contributed by atoms with Crippen LogP contribution in [0.25, 0.3) is 22.3 Å². The number of anilines is 1. The molecule has 1 aliphatic rings. The van der Waals surface area contributed by atoms with Crippen molar-refractivity contribution in [2.75, 3.05) is 18.4 Å². The lowest BCUT2D eigenvalue weighted by Gasteiger charge is -2.27. The second-order valence-corrected chi connectivity index (χ2v) is 8.07. The molecule has 34 heavy (non-hydrogen) atoms. The summed E-state index contributed by atoms with van der Waals surface area (Å²) in [5.74, 6) is 0.334. The maximum atomic E-state index is 12.9. The number of nitrogens with one attached hydrogen (secondary N) is 3. The van der Waals surface area contributed by atoms with Gasteiger partial charge in [0.25, 0.3) is 0 Å². The van der Waals surface area contributed by atoms with E-state index >= 15 is 0 Å². The molecule has 3 N–H and O–H groups in total. The number of amides is 3. The third-order valence-electron chi connectivity index (χ3n) is 5.74. The molecule has 0 unspecified atom stereocenters. The molecule has 172 valence electrons. The minimum absolute atomic E-state index is 0.00791. The highest BCUT2D eigenvalue weighted by Crippen LogP contribution is 2.30. The van der Waals surface area contributed by atoms with Gasteiger partial charge in [-0.25, -0.2) is 14.5 Å². The van der Waals surface area contributed by atoms with Gasteiger partial charge >= 0.3 is 6.03 Å². The van der Waals surface area contributed by atoms with Crippen LogP contribution in [0.3, 0.4) is 0 Å². The first-order valence-corrected chi connectivity index (χ1v) is 11.2. The van der Waals surface area contributed by atoms with Crippen molar-refractivity contribution in [3.05, 3.63) is 78.1 Å². The summed E-state index contributed by atoms with van der Waals surface area (Å²) in [5, 5.41) is 9.78. The summed E-state index contributed by atoms with van der Waals surface area (Å²) in [6.45, 7) is 3.59. The summed E-state index contributed by atoms with van der Waals surface area (Å²) in [6, 6.07) is 15.4. The minimum atomic E-state index is -0.332. The topological polar surface area (TPSA) is 108 Å². The number of aromatic nitrogens is 4. The van der Waals surface area contributed by atoms with Crippen LogP contribution in [-0.4, -0.2) is 49.7 Å². The SMILES string of the molecule is CCNC(=O)Nc1nc2cc(C3=CC(=O)N(Cc4ccccc4)CC3)cc(-n3cccn3)c2[nH]1. The van der Waals surface area contributed by atoms with E-state index in [9.17, 15) is 9.59 Å². The fourth-order valence-corrected chi connectivity index (χ4v) is 4.11. The second kappa shape index (κ2) is 9.22. The number of benzene rings is 2. The summed E-state index contributed by atoms with van der Waals surface area (Å²) < 4.78 is 1.74. The van der Waals surface area contributed by atoms with Crippen molar-refractivity contribution < 1.29 is 9.59 Å². The number of carbonyl (C=O) groups is 2. The fraction of sp³-hybridized carbons (Fsp3) is 0.200. The zero-order valence-electron chi connectivity index (χ0n) is 18.8. The van der Waals surface area contributed by atoms with Gasteiger partial charge in [-0.15, -0.1) is 0 Å². The Bertz CT molecular complexity index is 1360. The highest BCUT2D eigenvalue weighted by molar-refractivity contribution is 5.99. The Morgan fingerprint density at radius 1 is 1.18 bits per heavy atom. The van der Waals surface area contributed by atoms with Crippen molar-refractivity contribution in [3.63, 3.8) is 0 Å². The normalized spacial score (nSPS) is 13.7. The average Bonchev–Trinajstić information content (AvgIpc) is 3.50. The number of fused-ring (bicyclic) bond motifs is 1. The Labute approximate surface area is 196 Å². The monoisotopic (exact) mass is 455 g/mol.